The molecule has 3 N–H and O–H groups in total. The van der Waals surface area contributed by atoms with Crippen molar-refractivity contribution in [3.05, 3.63) is 42.4 Å². The Morgan fingerprint density at radius 2 is 1.96 bits per heavy atom. The van der Waals surface area contributed by atoms with Crippen LogP contribution in [0, 0.1) is 0 Å². The van der Waals surface area contributed by atoms with Gasteiger partial charge in [0.2, 0.25) is 5.88 Å². The quantitative estimate of drug-likeness (QED) is 0.796. The summed E-state index contributed by atoms with van der Waals surface area (Å²) in [5.74, 6) is -0.0580. The molecule has 3 rings (SSSR count). The molecule has 0 unspecified atom stereocenters. The fourth-order valence-electron chi connectivity index (χ4n) is 2.33. The summed E-state index contributed by atoms with van der Waals surface area (Å²) in [4.78, 5) is 0. The third-order valence-corrected chi connectivity index (χ3v) is 4.63. The normalized spacial score (nSPS) is 16.2. The highest BCUT2D eigenvalue weighted by Crippen LogP contribution is 2.36. The number of aliphatic hydroxyl groups is 1. The Kier molecular flexibility index (Phi) is 3.69. The SMILES string of the molecule is CCCOc1ccc2cc(O)c(N3C=C(O)NS3(=O)=O)cc2c1. The van der Waals surface area contributed by atoms with E-state index in [1.165, 1.54) is 12.1 Å². The number of anilines is 1. The number of ether oxygens (including phenoxy) is 1. The Balaban J connectivity index is 2.09. The summed E-state index contributed by atoms with van der Waals surface area (Å²) < 4.78 is 32.2. The summed E-state index contributed by atoms with van der Waals surface area (Å²) >= 11 is 0. The van der Waals surface area contributed by atoms with Gasteiger partial charge in [-0.25, -0.2) is 9.03 Å². The summed E-state index contributed by atoms with van der Waals surface area (Å²) in [6.07, 6.45) is 1.87. The first kappa shape index (κ1) is 15.3. The van der Waals surface area contributed by atoms with Crippen LogP contribution in [-0.4, -0.2) is 25.2 Å². The third kappa shape index (κ3) is 2.85. The highest BCUT2D eigenvalue weighted by molar-refractivity contribution is 7.91. The summed E-state index contributed by atoms with van der Waals surface area (Å²) in [5, 5.41) is 20.9. The minimum Gasteiger partial charge on any atom is -0.506 e. The predicted molar refractivity (Wildman–Crippen MR) is 86.6 cm³/mol. The summed E-state index contributed by atoms with van der Waals surface area (Å²) in [7, 11) is -3.96. The molecule has 0 saturated heterocycles. The second-order valence-corrected chi connectivity index (χ2v) is 6.66. The maximum absolute atomic E-state index is 11.9. The molecule has 7 nitrogen and oxygen atoms in total. The van der Waals surface area contributed by atoms with Crippen molar-refractivity contribution in [1.29, 1.82) is 0 Å². The van der Waals surface area contributed by atoms with Gasteiger partial charge in [-0.05, 0) is 41.5 Å². The Bertz CT molecular complexity index is 892. The number of aromatic hydroxyl groups is 1. The number of nitrogens with one attached hydrogen (secondary N) is 1. The third-order valence-electron chi connectivity index (χ3n) is 3.35. The molecule has 0 saturated carbocycles. The lowest BCUT2D eigenvalue weighted by molar-refractivity contribution is 0.318. The second kappa shape index (κ2) is 5.54. The molecule has 0 spiro atoms. The van der Waals surface area contributed by atoms with Gasteiger partial charge >= 0.3 is 10.2 Å². The molecule has 1 heterocycles. The number of hydrogen-bond acceptors (Lipinski definition) is 5. The van der Waals surface area contributed by atoms with Crippen LogP contribution >= 0.6 is 0 Å². The maximum Gasteiger partial charge on any atom is 0.330 e. The maximum atomic E-state index is 11.9. The number of fused-ring (bicyclic) bond motifs is 1. The molecule has 0 atom stereocenters. The van der Waals surface area contributed by atoms with E-state index >= 15 is 0 Å². The van der Waals surface area contributed by atoms with Crippen LogP contribution in [0.3, 0.4) is 0 Å². The van der Waals surface area contributed by atoms with Crippen LogP contribution in [0.15, 0.2) is 42.4 Å². The molecule has 0 amide bonds. The number of phenols is 1. The van der Waals surface area contributed by atoms with Crippen molar-refractivity contribution in [1.82, 2.24) is 4.72 Å². The molecule has 0 radical (unpaired) electrons. The van der Waals surface area contributed by atoms with E-state index in [2.05, 4.69) is 0 Å². The van der Waals surface area contributed by atoms with E-state index in [1.54, 1.807) is 18.2 Å². The summed E-state index contributed by atoms with van der Waals surface area (Å²) in [6, 6.07) is 8.34. The molecule has 0 bridgehead atoms. The summed E-state index contributed by atoms with van der Waals surface area (Å²) in [6.45, 7) is 2.58. The number of aliphatic hydroxyl groups excluding tert-OH is 1. The lowest BCUT2D eigenvalue weighted by Crippen LogP contribution is -2.29. The molecule has 122 valence electrons. The van der Waals surface area contributed by atoms with E-state index in [9.17, 15) is 18.6 Å². The Labute approximate surface area is 133 Å². The molecule has 2 aromatic rings. The molecule has 0 fully saturated rings. The zero-order valence-corrected chi connectivity index (χ0v) is 13.2. The minimum absolute atomic E-state index is 0.0432. The van der Waals surface area contributed by atoms with Crippen LogP contribution in [0.1, 0.15) is 13.3 Å². The lowest BCUT2D eigenvalue weighted by atomic mass is 10.1. The first-order valence-electron chi connectivity index (χ1n) is 7.03. The first-order valence-corrected chi connectivity index (χ1v) is 8.47. The van der Waals surface area contributed by atoms with Gasteiger partial charge in [0.15, 0.2) is 0 Å². The van der Waals surface area contributed by atoms with Gasteiger partial charge in [-0.2, -0.15) is 8.42 Å². The van der Waals surface area contributed by atoms with E-state index in [-0.39, 0.29) is 11.4 Å². The Morgan fingerprint density at radius 1 is 1.17 bits per heavy atom. The molecule has 0 aromatic heterocycles. The van der Waals surface area contributed by atoms with E-state index < -0.39 is 16.1 Å². The van der Waals surface area contributed by atoms with Crippen LogP contribution in [-0.2, 0) is 10.2 Å². The average molecular weight is 336 g/mol. The first-order chi connectivity index (χ1) is 10.9. The predicted octanol–water partition coefficient (Wildman–Crippen LogP) is 2.35. The van der Waals surface area contributed by atoms with Gasteiger partial charge in [-0.15, -0.1) is 0 Å². The molecule has 0 aliphatic carbocycles. The molecular weight excluding hydrogens is 320 g/mol. The zero-order valence-electron chi connectivity index (χ0n) is 12.4. The van der Waals surface area contributed by atoms with Gasteiger partial charge in [-0.1, -0.05) is 13.0 Å². The molecule has 23 heavy (non-hydrogen) atoms. The van der Waals surface area contributed by atoms with Crippen LogP contribution in [0.25, 0.3) is 10.8 Å². The number of rotatable bonds is 4. The fourth-order valence-corrected chi connectivity index (χ4v) is 3.38. The van der Waals surface area contributed by atoms with Gasteiger partial charge in [0.05, 0.1) is 12.8 Å². The largest absolute Gasteiger partial charge is 0.506 e. The van der Waals surface area contributed by atoms with Gasteiger partial charge in [0.1, 0.15) is 17.2 Å². The van der Waals surface area contributed by atoms with Gasteiger partial charge < -0.3 is 14.9 Å². The smallest absolute Gasteiger partial charge is 0.330 e. The Hall–Kier alpha value is -2.61. The molecule has 8 heteroatoms. The average Bonchev–Trinajstić information content (AvgIpc) is 2.77. The van der Waals surface area contributed by atoms with Gasteiger partial charge in [0.25, 0.3) is 0 Å². The van der Waals surface area contributed by atoms with Crippen molar-refractivity contribution in [2.24, 2.45) is 0 Å². The van der Waals surface area contributed by atoms with Crippen molar-refractivity contribution in [2.75, 3.05) is 10.9 Å². The van der Waals surface area contributed by atoms with Gasteiger partial charge in [-0.3, -0.25) is 0 Å². The summed E-state index contributed by atoms with van der Waals surface area (Å²) in [5.41, 5.74) is 0.0432. The van der Waals surface area contributed by atoms with E-state index in [4.69, 9.17) is 4.74 Å². The van der Waals surface area contributed by atoms with E-state index in [0.29, 0.717) is 17.7 Å². The lowest BCUT2D eigenvalue weighted by Gasteiger charge is -2.16. The van der Waals surface area contributed by atoms with Crippen LogP contribution in [0.4, 0.5) is 5.69 Å². The zero-order chi connectivity index (χ0) is 16.6. The molecule has 2 aromatic carbocycles. The van der Waals surface area contributed by atoms with Crippen LogP contribution in [0.2, 0.25) is 0 Å². The molecule has 1 aliphatic rings. The number of nitrogens with zero attached hydrogens (tertiary/aromatic N) is 1. The molecule has 1 aliphatic heterocycles. The number of hydrogen-bond donors (Lipinski definition) is 3. The van der Waals surface area contributed by atoms with Crippen LogP contribution < -0.4 is 13.8 Å². The van der Waals surface area contributed by atoms with Gasteiger partial charge in [0, 0.05) is 0 Å². The van der Waals surface area contributed by atoms with Crippen LogP contribution in [0.5, 0.6) is 11.5 Å². The van der Waals surface area contributed by atoms with Crippen molar-refractivity contribution in [3.63, 3.8) is 0 Å². The monoisotopic (exact) mass is 336 g/mol. The standard InChI is InChI=1S/C15H16N2O5S/c1-2-5-22-12-4-3-10-8-14(18)13(7-11(10)6-12)17-9-15(19)16-23(17,20)21/h3-4,6-9,16,18-19H,2,5H2,1H3. The number of phenolic OH excluding ortho intramolecular Hbond substituents is 1. The highest BCUT2D eigenvalue weighted by Gasteiger charge is 2.30. The number of benzene rings is 2. The van der Waals surface area contributed by atoms with Crippen molar-refractivity contribution in [3.8, 4) is 11.5 Å². The van der Waals surface area contributed by atoms with Crippen molar-refractivity contribution < 1.29 is 23.4 Å². The van der Waals surface area contributed by atoms with E-state index in [1.807, 2.05) is 11.6 Å². The highest BCUT2D eigenvalue weighted by atomic mass is 32.2. The topological polar surface area (TPSA) is 99.1 Å². The van der Waals surface area contributed by atoms with E-state index in [0.717, 1.165) is 22.3 Å². The fraction of sp³-hybridized carbons (Fsp3) is 0.200. The minimum atomic E-state index is -3.96. The second-order valence-electron chi connectivity index (χ2n) is 5.12. The molecular formula is C15H16N2O5S. The Morgan fingerprint density at radius 3 is 2.61 bits per heavy atom. The van der Waals surface area contributed by atoms with Crippen molar-refractivity contribution in [2.45, 2.75) is 13.3 Å². The van der Waals surface area contributed by atoms with Crippen molar-refractivity contribution >= 4 is 26.7 Å².